The Hall–Kier alpha value is -4.07. The van der Waals surface area contributed by atoms with Crippen molar-refractivity contribution in [1.29, 1.82) is 0 Å². The number of nitrogens with zero attached hydrogens (tertiary/aromatic N) is 3. The molecule has 2 heterocycles. The van der Waals surface area contributed by atoms with Crippen LogP contribution in [0.3, 0.4) is 0 Å². The fourth-order valence-corrected chi connectivity index (χ4v) is 4.01. The molecule has 4 rings (SSSR count). The number of aromatic nitrogens is 2. The molecule has 2 aromatic carbocycles. The first-order valence-corrected chi connectivity index (χ1v) is 10.6. The Labute approximate surface area is 191 Å². The van der Waals surface area contributed by atoms with Crippen LogP contribution in [0, 0.1) is 0 Å². The van der Waals surface area contributed by atoms with Crippen LogP contribution in [0.2, 0.25) is 0 Å². The summed E-state index contributed by atoms with van der Waals surface area (Å²) in [7, 11) is 3.09. The topological polar surface area (TPSA) is 93.9 Å². The predicted molar refractivity (Wildman–Crippen MR) is 122 cm³/mol. The molecule has 1 aliphatic heterocycles. The second-order valence-corrected chi connectivity index (χ2v) is 7.65. The molecule has 0 bridgehead atoms. The average Bonchev–Trinajstić information content (AvgIpc) is 3.46. The number of benzene rings is 2. The van der Waals surface area contributed by atoms with E-state index in [9.17, 15) is 14.7 Å². The van der Waals surface area contributed by atoms with Crippen molar-refractivity contribution in [3.63, 3.8) is 0 Å². The standard InChI is InChI=1S/C25H25N3O5/c1-32-19-9-7-17(8-10-19)22-21(23(29)18-5-3-6-20(15-18)33-2)24(30)25(31)28(22)13-4-12-27-14-11-26-16-27/h3,5-11,14-16,22,29H,4,12-13H2,1-2H3/t22-/m0/s1. The summed E-state index contributed by atoms with van der Waals surface area (Å²) in [4.78, 5) is 31.7. The van der Waals surface area contributed by atoms with Crippen LogP contribution in [0.4, 0.5) is 0 Å². The summed E-state index contributed by atoms with van der Waals surface area (Å²) in [6, 6.07) is 13.2. The largest absolute Gasteiger partial charge is 0.507 e. The number of hydrogen-bond donors (Lipinski definition) is 1. The minimum atomic E-state index is -0.718. The minimum Gasteiger partial charge on any atom is -0.507 e. The minimum absolute atomic E-state index is 0.0565. The van der Waals surface area contributed by atoms with E-state index in [0.717, 1.165) is 0 Å². The van der Waals surface area contributed by atoms with Crippen molar-refractivity contribution in [3.8, 4) is 11.5 Å². The van der Waals surface area contributed by atoms with Gasteiger partial charge in [0.15, 0.2) is 0 Å². The number of hydrogen-bond acceptors (Lipinski definition) is 6. The van der Waals surface area contributed by atoms with E-state index in [-0.39, 0.29) is 11.3 Å². The first kappa shape index (κ1) is 22.1. The van der Waals surface area contributed by atoms with Gasteiger partial charge < -0.3 is 24.0 Å². The third-order valence-corrected chi connectivity index (χ3v) is 5.69. The van der Waals surface area contributed by atoms with Gasteiger partial charge in [-0.05, 0) is 36.2 Å². The van der Waals surface area contributed by atoms with Crippen LogP contribution < -0.4 is 9.47 Å². The molecule has 1 atom stereocenters. The first-order valence-electron chi connectivity index (χ1n) is 10.6. The summed E-state index contributed by atoms with van der Waals surface area (Å²) in [5.74, 6) is -0.381. The number of ether oxygens (including phenoxy) is 2. The number of amides is 1. The molecule has 1 amide bonds. The summed E-state index contributed by atoms with van der Waals surface area (Å²) in [5.41, 5.74) is 1.17. The molecule has 0 saturated carbocycles. The van der Waals surface area contributed by atoms with Crippen molar-refractivity contribution in [1.82, 2.24) is 14.5 Å². The van der Waals surface area contributed by atoms with Crippen LogP contribution in [0.5, 0.6) is 11.5 Å². The Bertz CT molecular complexity index is 1170. The number of rotatable bonds is 8. The lowest BCUT2D eigenvalue weighted by molar-refractivity contribution is -0.139. The summed E-state index contributed by atoms with van der Waals surface area (Å²) < 4.78 is 12.4. The van der Waals surface area contributed by atoms with Gasteiger partial charge in [0.25, 0.3) is 11.7 Å². The lowest BCUT2D eigenvalue weighted by Crippen LogP contribution is -2.31. The van der Waals surface area contributed by atoms with E-state index in [1.165, 1.54) is 12.0 Å². The zero-order valence-electron chi connectivity index (χ0n) is 18.5. The molecule has 1 aromatic heterocycles. The average molecular weight is 447 g/mol. The highest BCUT2D eigenvalue weighted by Crippen LogP contribution is 2.40. The number of aliphatic hydroxyl groups is 1. The van der Waals surface area contributed by atoms with Crippen LogP contribution in [-0.4, -0.2) is 52.0 Å². The molecule has 0 spiro atoms. The highest BCUT2D eigenvalue weighted by atomic mass is 16.5. The molecular weight excluding hydrogens is 422 g/mol. The zero-order valence-corrected chi connectivity index (χ0v) is 18.5. The van der Waals surface area contributed by atoms with Gasteiger partial charge in [0, 0.05) is 31.0 Å². The van der Waals surface area contributed by atoms with Gasteiger partial charge in [-0.25, -0.2) is 4.98 Å². The van der Waals surface area contributed by atoms with Crippen LogP contribution in [0.1, 0.15) is 23.6 Å². The van der Waals surface area contributed by atoms with Crippen LogP contribution in [0.25, 0.3) is 5.76 Å². The highest BCUT2D eigenvalue weighted by molar-refractivity contribution is 6.46. The molecule has 8 nitrogen and oxygen atoms in total. The van der Waals surface area contributed by atoms with Crippen molar-refractivity contribution in [3.05, 3.63) is 84.0 Å². The summed E-state index contributed by atoms with van der Waals surface area (Å²) in [6.45, 7) is 0.989. The third-order valence-electron chi connectivity index (χ3n) is 5.69. The fraction of sp³-hybridized carbons (Fsp3) is 0.240. The van der Waals surface area contributed by atoms with E-state index in [1.807, 2.05) is 10.8 Å². The van der Waals surface area contributed by atoms with Crippen molar-refractivity contribution in [2.45, 2.75) is 19.0 Å². The molecule has 1 N–H and O–H groups in total. The van der Waals surface area contributed by atoms with Crippen molar-refractivity contribution < 1.29 is 24.2 Å². The maximum Gasteiger partial charge on any atom is 0.295 e. The molecule has 0 aliphatic carbocycles. The number of carbonyl (C=O) groups is 2. The fourth-order valence-electron chi connectivity index (χ4n) is 4.01. The van der Waals surface area contributed by atoms with E-state index >= 15 is 0 Å². The highest BCUT2D eigenvalue weighted by Gasteiger charge is 2.45. The van der Waals surface area contributed by atoms with E-state index in [1.54, 1.807) is 68.2 Å². The Balaban J connectivity index is 1.74. The maximum absolute atomic E-state index is 13.1. The molecule has 8 heteroatoms. The van der Waals surface area contributed by atoms with Gasteiger partial charge in [-0.1, -0.05) is 24.3 Å². The maximum atomic E-state index is 13.1. The predicted octanol–water partition coefficient (Wildman–Crippen LogP) is 3.41. The molecule has 0 radical (unpaired) electrons. The number of aliphatic hydroxyl groups excluding tert-OH is 1. The Morgan fingerprint density at radius 3 is 2.45 bits per heavy atom. The molecule has 1 saturated heterocycles. The first-order chi connectivity index (χ1) is 16.0. The SMILES string of the molecule is COc1ccc([C@H]2C(=C(O)c3cccc(OC)c3)C(=O)C(=O)N2CCCn2ccnc2)cc1. The van der Waals surface area contributed by atoms with Crippen molar-refractivity contribution >= 4 is 17.4 Å². The number of imidazole rings is 1. The van der Waals surface area contributed by atoms with Gasteiger partial charge in [0.05, 0.1) is 32.2 Å². The van der Waals surface area contributed by atoms with E-state index in [4.69, 9.17) is 9.47 Å². The van der Waals surface area contributed by atoms with Crippen molar-refractivity contribution in [2.75, 3.05) is 20.8 Å². The molecule has 170 valence electrons. The van der Waals surface area contributed by atoms with Crippen LogP contribution >= 0.6 is 0 Å². The van der Waals surface area contributed by atoms with Gasteiger partial charge in [0.1, 0.15) is 17.3 Å². The molecular formula is C25H25N3O5. The Morgan fingerprint density at radius 2 is 1.79 bits per heavy atom. The second kappa shape index (κ2) is 9.60. The lowest BCUT2D eigenvalue weighted by Gasteiger charge is -2.25. The quantitative estimate of drug-likeness (QED) is 0.323. The van der Waals surface area contributed by atoms with Crippen molar-refractivity contribution in [2.24, 2.45) is 0 Å². The van der Waals surface area contributed by atoms with E-state index in [2.05, 4.69) is 4.98 Å². The van der Waals surface area contributed by atoms with Gasteiger partial charge in [-0.2, -0.15) is 0 Å². The number of aryl methyl sites for hydroxylation is 1. The number of Topliss-reactive ketones (excluding diaryl/α,β-unsaturated/α-hetero) is 1. The monoisotopic (exact) mass is 447 g/mol. The molecule has 1 fully saturated rings. The number of likely N-dealkylation sites (tertiary alicyclic amines) is 1. The van der Waals surface area contributed by atoms with E-state index in [0.29, 0.717) is 42.1 Å². The summed E-state index contributed by atoms with van der Waals surface area (Å²) >= 11 is 0. The molecule has 1 aliphatic rings. The number of methoxy groups -OCH3 is 2. The Kier molecular flexibility index (Phi) is 6.44. The smallest absolute Gasteiger partial charge is 0.295 e. The normalized spacial score (nSPS) is 17.4. The molecule has 33 heavy (non-hydrogen) atoms. The zero-order chi connectivity index (χ0) is 23.4. The van der Waals surface area contributed by atoms with Crippen LogP contribution in [0.15, 0.2) is 72.8 Å². The number of carbonyl (C=O) groups excluding carboxylic acids is 2. The number of ketones is 1. The van der Waals surface area contributed by atoms with Gasteiger partial charge in [-0.3, -0.25) is 9.59 Å². The van der Waals surface area contributed by atoms with Crippen LogP contribution in [-0.2, 0) is 16.1 Å². The summed E-state index contributed by atoms with van der Waals surface area (Å²) in [6.07, 6.45) is 5.86. The Morgan fingerprint density at radius 1 is 1.03 bits per heavy atom. The van der Waals surface area contributed by atoms with Gasteiger partial charge >= 0.3 is 0 Å². The second-order valence-electron chi connectivity index (χ2n) is 7.65. The van der Waals surface area contributed by atoms with Gasteiger partial charge in [-0.15, -0.1) is 0 Å². The summed E-state index contributed by atoms with van der Waals surface area (Å²) in [5, 5.41) is 11.1. The molecule has 3 aromatic rings. The van der Waals surface area contributed by atoms with Gasteiger partial charge in [0.2, 0.25) is 0 Å². The lowest BCUT2D eigenvalue weighted by atomic mass is 9.95. The van der Waals surface area contributed by atoms with E-state index < -0.39 is 17.7 Å². The third kappa shape index (κ3) is 4.45. The molecule has 0 unspecified atom stereocenters.